The third kappa shape index (κ3) is 5.33. The van der Waals surface area contributed by atoms with Crippen molar-refractivity contribution in [1.29, 1.82) is 0 Å². The van der Waals surface area contributed by atoms with E-state index < -0.39 is 6.10 Å². The Morgan fingerprint density at radius 1 is 1.32 bits per heavy atom. The molecule has 1 rings (SSSR count). The molecular weight excluding hydrogens is 238 g/mol. The lowest BCUT2D eigenvalue weighted by Crippen LogP contribution is -2.36. The van der Waals surface area contributed by atoms with Crippen LogP contribution >= 0.6 is 0 Å². The van der Waals surface area contributed by atoms with Gasteiger partial charge in [-0.05, 0) is 44.4 Å². The number of hydrogen-bond donors (Lipinski definition) is 1. The molecule has 1 atom stereocenters. The van der Waals surface area contributed by atoms with Gasteiger partial charge in [0.15, 0.2) is 6.10 Å². The van der Waals surface area contributed by atoms with Crippen molar-refractivity contribution in [2.24, 2.45) is 0 Å². The predicted molar refractivity (Wildman–Crippen MR) is 78.5 cm³/mol. The average Bonchev–Trinajstić information content (AvgIpc) is 2.38. The van der Waals surface area contributed by atoms with Crippen molar-refractivity contribution in [3.05, 3.63) is 29.3 Å². The first-order valence-corrected chi connectivity index (χ1v) is 7.06. The second kappa shape index (κ2) is 7.82. The first-order valence-electron chi connectivity index (χ1n) is 7.06. The summed E-state index contributed by atoms with van der Waals surface area (Å²) in [7, 11) is 0. The largest absolute Gasteiger partial charge is 0.481 e. The van der Waals surface area contributed by atoms with Crippen molar-refractivity contribution in [2.45, 2.75) is 53.1 Å². The summed E-state index contributed by atoms with van der Waals surface area (Å²) < 4.78 is 5.73. The van der Waals surface area contributed by atoms with Crippen LogP contribution in [0.2, 0.25) is 0 Å². The molecule has 0 aliphatic rings. The highest BCUT2D eigenvalue weighted by Gasteiger charge is 2.14. The van der Waals surface area contributed by atoms with Crippen molar-refractivity contribution < 1.29 is 9.53 Å². The summed E-state index contributed by atoms with van der Waals surface area (Å²) in [5.41, 5.74) is 2.19. The fraction of sp³-hybridized carbons (Fsp3) is 0.562. The van der Waals surface area contributed by atoms with Crippen LogP contribution in [0.15, 0.2) is 18.2 Å². The second-order valence-corrected chi connectivity index (χ2v) is 5.03. The Kier molecular flexibility index (Phi) is 6.40. The minimum atomic E-state index is -0.456. The normalized spacial score (nSPS) is 12.0. The van der Waals surface area contributed by atoms with Crippen molar-refractivity contribution in [3.63, 3.8) is 0 Å². The van der Waals surface area contributed by atoms with E-state index in [-0.39, 0.29) is 5.91 Å². The molecule has 0 unspecified atom stereocenters. The minimum absolute atomic E-state index is 0.0444. The van der Waals surface area contributed by atoms with Crippen LogP contribution in [0.5, 0.6) is 5.75 Å². The number of amides is 1. The molecule has 0 heterocycles. The van der Waals surface area contributed by atoms with Crippen LogP contribution in [0.25, 0.3) is 0 Å². The van der Waals surface area contributed by atoms with Crippen LogP contribution in [0.3, 0.4) is 0 Å². The van der Waals surface area contributed by atoms with Gasteiger partial charge in [-0.3, -0.25) is 4.79 Å². The minimum Gasteiger partial charge on any atom is -0.481 e. The van der Waals surface area contributed by atoms with Crippen LogP contribution < -0.4 is 10.1 Å². The molecule has 0 saturated carbocycles. The Morgan fingerprint density at radius 2 is 2.05 bits per heavy atom. The van der Waals surface area contributed by atoms with Crippen molar-refractivity contribution in [1.82, 2.24) is 5.32 Å². The zero-order chi connectivity index (χ0) is 14.3. The number of nitrogens with one attached hydrogen (secondary N) is 1. The lowest BCUT2D eigenvalue weighted by molar-refractivity contribution is -0.127. The first kappa shape index (κ1) is 15.5. The molecule has 0 aliphatic heterocycles. The monoisotopic (exact) mass is 263 g/mol. The molecule has 1 aromatic carbocycles. The Bertz CT molecular complexity index is 415. The van der Waals surface area contributed by atoms with E-state index in [0.29, 0.717) is 0 Å². The molecule has 0 aliphatic carbocycles. The maximum absolute atomic E-state index is 11.9. The van der Waals surface area contributed by atoms with Crippen molar-refractivity contribution in [2.75, 3.05) is 6.54 Å². The third-order valence-electron chi connectivity index (χ3n) is 3.10. The summed E-state index contributed by atoms with van der Waals surface area (Å²) in [6.45, 7) is 8.67. The fourth-order valence-corrected chi connectivity index (χ4v) is 1.81. The topological polar surface area (TPSA) is 38.3 Å². The van der Waals surface area contributed by atoms with Crippen LogP contribution in [-0.4, -0.2) is 18.6 Å². The molecule has 106 valence electrons. The third-order valence-corrected chi connectivity index (χ3v) is 3.10. The van der Waals surface area contributed by atoms with Gasteiger partial charge in [0.05, 0.1) is 0 Å². The van der Waals surface area contributed by atoms with E-state index >= 15 is 0 Å². The Labute approximate surface area is 116 Å². The van der Waals surface area contributed by atoms with Crippen LogP contribution in [0.4, 0.5) is 0 Å². The van der Waals surface area contributed by atoms with Gasteiger partial charge >= 0.3 is 0 Å². The summed E-state index contributed by atoms with van der Waals surface area (Å²) >= 11 is 0. The Morgan fingerprint density at radius 3 is 2.74 bits per heavy atom. The summed E-state index contributed by atoms with van der Waals surface area (Å²) in [6, 6.07) is 6.02. The molecule has 0 spiro atoms. The van der Waals surface area contributed by atoms with Crippen LogP contribution in [0.1, 0.15) is 44.2 Å². The van der Waals surface area contributed by atoms with E-state index in [1.165, 1.54) is 0 Å². The van der Waals surface area contributed by atoms with Gasteiger partial charge in [0.25, 0.3) is 5.91 Å². The Hall–Kier alpha value is -1.51. The summed E-state index contributed by atoms with van der Waals surface area (Å²) in [5.74, 6) is 0.744. The molecule has 0 aromatic heterocycles. The molecule has 3 nitrogen and oxygen atoms in total. The van der Waals surface area contributed by atoms with E-state index in [0.717, 1.165) is 42.7 Å². The molecular formula is C16H25NO2. The molecule has 19 heavy (non-hydrogen) atoms. The van der Waals surface area contributed by atoms with Crippen LogP contribution in [0, 0.1) is 13.8 Å². The van der Waals surface area contributed by atoms with Gasteiger partial charge in [0.1, 0.15) is 5.75 Å². The fourth-order valence-electron chi connectivity index (χ4n) is 1.81. The molecule has 3 heteroatoms. The van der Waals surface area contributed by atoms with E-state index in [4.69, 9.17) is 4.74 Å². The zero-order valence-corrected chi connectivity index (χ0v) is 12.5. The number of carbonyl (C=O) groups excluding carboxylic acids is 1. The highest BCUT2D eigenvalue weighted by molar-refractivity contribution is 5.80. The van der Waals surface area contributed by atoms with Crippen molar-refractivity contribution in [3.8, 4) is 5.75 Å². The number of benzene rings is 1. The highest BCUT2D eigenvalue weighted by atomic mass is 16.5. The molecule has 0 bridgehead atoms. The van der Waals surface area contributed by atoms with E-state index in [1.807, 2.05) is 32.0 Å². The number of aryl methyl sites for hydroxylation is 2. The maximum atomic E-state index is 11.9. The van der Waals surface area contributed by atoms with Gasteiger partial charge in [0, 0.05) is 6.54 Å². The highest BCUT2D eigenvalue weighted by Crippen LogP contribution is 2.20. The van der Waals surface area contributed by atoms with E-state index in [2.05, 4.69) is 12.2 Å². The lowest BCUT2D eigenvalue weighted by atomic mass is 10.1. The lowest BCUT2D eigenvalue weighted by Gasteiger charge is -2.16. The number of ether oxygens (including phenoxy) is 1. The summed E-state index contributed by atoms with van der Waals surface area (Å²) in [5, 5.41) is 2.91. The molecule has 1 amide bonds. The van der Waals surface area contributed by atoms with Crippen molar-refractivity contribution >= 4 is 5.91 Å². The van der Waals surface area contributed by atoms with Gasteiger partial charge in [-0.1, -0.05) is 31.9 Å². The maximum Gasteiger partial charge on any atom is 0.260 e. The van der Waals surface area contributed by atoms with Gasteiger partial charge < -0.3 is 10.1 Å². The smallest absolute Gasteiger partial charge is 0.260 e. The molecule has 0 fully saturated rings. The summed E-state index contributed by atoms with van der Waals surface area (Å²) in [6.07, 6.45) is 2.87. The predicted octanol–water partition coefficient (Wildman–Crippen LogP) is 3.38. The quantitative estimate of drug-likeness (QED) is 0.766. The molecule has 1 N–H and O–H groups in total. The van der Waals surface area contributed by atoms with Gasteiger partial charge in [0.2, 0.25) is 0 Å². The average molecular weight is 263 g/mol. The zero-order valence-electron chi connectivity index (χ0n) is 12.5. The SMILES string of the molecule is CCCCCNC(=O)[C@@H](C)Oc1cc(C)ccc1C. The second-order valence-electron chi connectivity index (χ2n) is 5.03. The number of hydrogen-bond acceptors (Lipinski definition) is 2. The van der Waals surface area contributed by atoms with Gasteiger partial charge in [-0.25, -0.2) is 0 Å². The molecule has 1 aromatic rings. The Balaban J connectivity index is 2.47. The van der Waals surface area contributed by atoms with E-state index in [1.54, 1.807) is 6.92 Å². The summed E-state index contributed by atoms with van der Waals surface area (Å²) in [4.78, 5) is 11.9. The number of carbonyl (C=O) groups is 1. The van der Waals surface area contributed by atoms with Gasteiger partial charge in [-0.15, -0.1) is 0 Å². The standard InChI is InChI=1S/C16H25NO2/c1-5-6-7-10-17-16(18)14(4)19-15-11-12(2)8-9-13(15)3/h8-9,11,14H,5-7,10H2,1-4H3,(H,17,18)/t14-/m1/s1. The number of unbranched alkanes of at least 4 members (excludes halogenated alkanes) is 2. The molecule has 0 saturated heterocycles. The van der Waals surface area contributed by atoms with Crippen LogP contribution in [-0.2, 0) is 4.79 Å². The van der Waals surface area contributed by atoms with Gasteiger partial charge in [-0.2, -0.15) is 0 Å². The first-order chi connectivity index (χ1) is 9.04. The molecule has 0 radical (unpaired) electrons. The number of rotatable bonds is 7. The van der Waals surface area contributed by atoms with E-state index in [9.17, 15) is 4.79 Å².